The molecular formula is C24H20F3NO4S. The van der Waals surface area contributed by atoms with Gasteiger partial charge in [0, 0.05) is 34.1 Å². The maximum atomic E-state index is 13.6. The molecule has 0 saturated heterocycles. The first-order chi connectivity index (χ1) is 15.7. The third-order valence-electron chi connectivity index (χ3n) is 5.10. The van der Waals surface area contributed by atoms with Gasteiger partial charge in [0.1, 0.15) is 23.8 Å². The van der Waals surface area contributed by atoms with Crippen LogP contribution in [-0.2, 0) is 36.0 Å². The molecule has 4 aromatic rings. The number of carbonyl (C=O) groups is 1. The summed E-state index contributed by atoms with van der Waals surface area (Å²) in [7, 11) is 1.84. The molecule has 2 aromatic heterocycles. The van der Waals surface area contributed by atoms with E-state index < -0.39 is 17.0 Å². The molecule has 0 aliphatic heterocycles. The smallest absolute Gasteiger partial charge is 0.426 e. The van der Waals surface area contributed by atoms with E-state index in [0.717, 1.165) is 16.6 Å². The molecule has 0 radical (unpaired) electrons. The van der Waals surface area contributed by atoms with Gasteiger partial charge in [-0.05, 0) is 35.9 Å². The summed E-state index contributed by atoms with van der Waals surface area (Å²) in [6, 6.07) is 17.3. The fourth-order valence-corrected chi connectivity index (χ4v) is 4.53. The molecule has 0 bridgehead atoms. The number of alkyl halides is 3. The van der Waals surface area contributed by atoms with Gasteiger partial charge in [-0.1, -0.05) is 30.3 Å². The van der Waals surface area contributed by atoms with Crippen LogP contribution < -0.4 is 4.74 Å². The molecule has 4 rings (SSSR count). The molecule has 0 unspecified atom stereocenters. The lowest BCUT2D eigenvalue weighted by molar-refractivity contribution is -0.142. The Hall–Kier alpha value is -3.30. The molecule has 0 atom stereocenters. The Morgan fingerprint density at radius 3 is 2.52 bits per heavy atom. The number of ether oxygens (including phenoxy) is 2. The molecule has 1 N–H and O–H groups in total. The highest BCUT2D eigenvalue weighted by Gasteiger charge is 2.36. The lowest BCUT2D eigenvalue weighted by Crippen LogP contribution is -2.08. The number of thiophene rings is 1. The highest BCUT2D eigenvalue weighted by molar-refractivity contribution is 7.12. The largest absolute Gasteiger partial charge is 0.488 e. The number of halogens is 3. The van der Waals surface area contributed by atoms with Crippen LogP contribution in [-0.4, -0.2) is 22.2 Å². The second-order valence-electron chi connectivity index (χ2n) is 7.41. The molecular weight excluding hydrogens is 455 g/mol. The van der Waals surface area contributed by atoms with Crippen molar-refractivity contribution in [2.45, 2.75) is 19.4 Å². The fraction of sp³-hybridized carbons (Fsp3) is 0.208. The Labute approximate surface area is 191 Å². The van der Waals surface area contributed by atoms with E-state index in [1.54, 1.807) is 42.5 Å². The second kappa shape index (κ2) is 9.29. The summed E-state index contributed by atoms with van der Waals surface area (Å²) < 4.78 is 53.6. The van der Waals surface area contributed by atoms with Gasteiger partial charge >= 0.3 is 12.1 Å². The van der Waals surface area contributed by atoms with Crippen LogP contribution in [0.2, 0.25) is 0 Å². The number of nitrogens with zero attached hydrogens (tertiary/aromatic N) is 1. The van der Waals surface area contributed by atoms with Crippen LogP contribution in [0.5, 0.6) is 5.75 Å². The molecule has 33 heavy (non-hydrogen) atoms. The zero-order chi connectivity index (χ0) is 23.6. The normalized spacial score (nSPS) is 11.8. The number of carboxylic acid groups (broad SMARTS) is 1. The number of benzene rings is 2. The van der Waals surface area contributed by atoms with Gasteiger partial charge in [0.15, 0.2) is 0 Å². The summed E-state index contributed by atoms with van der Waals surface area (Å²) in [5.74, 6) is -0.517. The quantitative estimate of drug-likeness (QED) is 0.334. The van der Waals surface area contributed by atoms with E-state index in [-0.39, 0.29) is 25.4 Å². The zero-order valence-corrected chi connectivity index (χ0v) is 18.4. The maximum absolute atomic E-state index is 13.6. The van der Waals surface area contributed by atoms with Gasteiger partial charge in [0.05, 0.1) is 6.61 Å². The van der Waals surface area contributed by atoms with Crippen molar-refractivity contribution in [2.24, 2.45) is 7.05 Å². The molecule has 172 valence electrons. The molecule has 5 nitrogen and oxygen atoms in total. The van der Waals surface area contributed by atoms with Crippen LogP contribution in [0.25, 0.3) is 22.0 Å². The Kier molecular flexibility index (Phi) is 6.44. The van der Waals surface area contributed by atoms with Gasteiger partial charge in [-0.2, -0.15) is 13.2 Å². The van der Waals surface area contributed by atoms with E-state index in [1.807, 2.05) is 23.7 Å². The van der Waals surface area contributed by atoms with Crippen molar-refractivity contribution in [2.75, 3.05) is 6.61 Å². The monoisotopic (exact) mass is 475 g/mol. The van der Waals surface area contributed by atoms with E-state index in [4.69, 9.17) is 14.6 Å². The highest BCUT2D eigenvalue weighted by Crippen LogP contribution is 2.43. The number of rotatable bonds is 8. The summed E-state index contributed by atoms with van der Waals surface area (Å²) in [5, 5.41) is 9.57. The lowest BCUT2D eigenvalue weighted by Gasteiger charge is -2.07. The summed E-state index contributed by atoms with van der Waals surface area (Å²) in [4.78, 5) is 10.5. The van der Waals surface area contributed by atoms with Crippen LogP contribution in [0.4, 0.5) is 13.2 Å². The third kappa shape index (κ3) is 5.20. The molecule has 0 fully saturated rings. The summed E-state index contributed by atoms with van der Waals surface area (Å²) in [5.41, 5.74) is 2.36. The third-order valence-corrected chi connectivity index (χ3v) is 6.25. The molecule has 2 aromatic carbocycles. The van der Waals surface area contributed by atoms with Crippen molar-refractivity contribution in [3.63, 3.8) is 0 Å². The number of aromatic nitrogens is 1. The predicted octanol–water partition coefficient (Wildman–Crippen LogP) is 6.11. The Balaban J connectivity index is 1.52. The second-order valence-corrected chi connectivity index (χ2v) is 8.55. The van der Waals surface area contributed by atoms with E-state index >= 15 is 0 Å². The van der Waals surface area contributed by atoms with Gasteiger partial charge in [-0.15, -0.1) is 11.3 Å². The first kappa shape index (κ1) is 22.9. The minimum absolute atomic E-state index is 0.00744. The van der Waals surface area contributed by atoms with Crippen LogP contribution in [0.15, 0.2) is 60.7 Å². The summed E-state index contributed by atoms with van der Waals surface area (Å²) in [6.07, 6.45) is -4.45. The van der Waals surface area contributed by atoms with Gasteiger partial charge in [-0.3, -0.25) is 0 Å². The molecule has 9 heteroatoms. The van der Waals surface area contributed by atoms with Gasteiger partial charge in [-0.25, -0.2) is 4.79 Å². The van der Waals surface area contributed by atoms with Gasteiger partial charge in [0.25, 0.3) is 0 Å². The molecule has 2 heterocycles. The van der Waals surface area contributed by atoms with Crippen LogP contribution in [0, 0.1) is 0 Å². The zero-order valence-electron chi connectivity index (χ0n) is 17.6. The topological polar surface area (TPSA) is 60.7 Å². The van der Waals surface area contributed by atoms with Crippen LogP contribution in [0.1, 0.15) is 15.4 Å². The fourth-order valence-electron chi connectivity index (χ4n) is 3.57. The molecule has 0 aliphatic carbocycles. The highest BCUT2D eigenvalue weighted by atomic mass is 32.1. The van der Waals surface area contributed by atoms with E-state index in [0.29, 0.717) is 27.5 Å². The Morgan fingerprint density at radius 2 is 1.82 bits per heavy atom. The van der Waals surface area contributed by atoms with Crippen molar-refractivity contribution >= 4 is 28.2 Å². The first-order valence-corrected chi connectivity index (χ1v) is 10.8. The number of carboxylic acids is 1. The average Bonchev–Trinajstić information content (AvgIpc) is 3.34. The predicted molar refractivity (Wildman–Crippen MR) is 119 cm³/mol. The van der Waals surface area contributed by atoms with Gasteiger partial charge in [0.2, 0.25) is 0 Å². The van der Waals surface area contributed by atoms with Crippen LogP contribution in [0.3, 0.4) is 0 Å². The van der Waals surface area contributed by atoms with Crippen LogP contribution >= 0.6 is 11.3 Å². The minimum Gasteiger partial charge on any atom is -0.488 e. The van der Waals surface area contributed by atoms with Crippen molar-refractivity contribution in [3.8, 4) is 16.9 Å². The van der Waals surface area contributed by atoms with E-state index in [1.165, 1.54) is 6.07 Å². The lowest BCUT2D eigenvalue weighted by atomic mass is 10.1. The maximum Gasteiger partial charge on any atom is 0.426 e. The Bertz CT molecular complexity index is 1280. The number of hydrogen-bond donors (Lipinski definition) is 1. The SMILES string of the molecule is Cn1c(COCC(=O)O)cc2cc(OCc3cc(-c4ccccc4)c(C(F)(F)F)s3)ccc21. The molecule has 0 amide bonds. The van der Waals surface area contributed by atoms with Crippen molar-refractivity contribution in [1.82, 2.24) is 4.57 Å². The van der Waals surface area contributed by atoms with Gasteiger partial charge < -0.3 is 19.1 Å². The molecule has 0 saturated carbocycles. The van der Waals surface area contributed by atoms with Crippen molar-refractivity contribution in [3.05, 3.63) is 76.1 Å². The minimum atomic E-state index is -4.45. The summed E-state index contributed by atoms with van der Waals surface area (Å²) in [6.45, 7) is -0.236. The first-order valence-electron chi connectivity index (χ1n) is 9.98. The number of hydrogen-bond acceptors (Lipinski definition) is 4. The summed E-state index contributed by atoms with van der Waals surface area (Å²) >= 11 is 0.684. The van der Waals surface area contributed by atoms with Crippen molar-refractivity contribution in [1.29, 1.82) is 0 Å². The number of aryl methyl sites for hydroxylation is 1. The number of aliphatic carboxylic acids is 1. The Morgan fingerprint density at radius 1 is 1.06 bits per heavy atom. The standard InChI is InChI=1S/C24H20F3NO4S/c1-28-17(12-31-14-22(29)30)9-16-10-18(7-8-21(16)28)32-13-19-11-20(15-5-3-2-4-6-15)23(33-19)24(25,26)27/h2-11H,12-14H2,1H3,(H,29,30). The van der Waals surface area contributed by atoms with E-state index in [9.17, 15) is 18.0 Å². The number of fused-ring (bicyclic) bond motifs is 1. The average molecular weight is 475 g/mol. The molecule has 0 spiro atoms. The molecule has 0 aliphatic rings. The van der Waals surface area contributed by atoms with E-state index in [2.05, 4.69) is 0 Å². The van der Waals surface area contributed by atoms with Crippen molar-refractivity contribution < 1.29 is 32.5 Å².